The second kappa shape index (κ2) is 4.34. The van der Waals surface area contributed by atoms with Crippen LogP contribution in [-0.2, 0) is 9.53 Å². The number of carbonyl (C=O) groups is 1. The molecule has 0 amide bonds. The van der Waals surface area contributed by atoms with Gasteiger partial charge in [-0.1, -0.05) is 6.92 Å². The van der Waals surface area contributed by atoms with Crippen LogP contribution in [0.3, 0.4) is 0 Å². The van der Waals surface area contributed by atoms with E-state index < -0.39 is 5.60 Å². The molecular weight excluding hydrogens is 144 g/mol. The lowest BCUT2D eigenvalue weighted by molar-refractivity contribution is -0.142. The third-order valence-electron chi connectivity index (χ3n) is 1.71. The maximum Gasteiger partial charge on any atom is 0.302 e. The Hall–Kier alpha value is -0.570. The molecule has 0 aromatic rings. The molecule has 0 aliphatic rings. The first-order chi connectivity index (χ1) is 4.98. The minimum absolute atomic E-state index is 0.295. The van der Waals surface area contributed by atoms with Crippen LogP contribution in [0.2, 0.25) is 0 Å². The van der Waals surface area contributed by atoms with Crippen LogP contribution in [0.4, 0.5) is 0 Å². The van der Waals surface area contributed by atoms with E-state index in [1.54, 1.807) is 6.92 Å². The fraction of sp³-hybridized carbons (Fsp3) is 0.875. The van der Waals surface area contributed by atoms with Gasteiger partial charge >= 0.3 is 5.97 Å². The summed E-state index contributed by atoms with van der Waals surface area (Å²) in [4.78, 5) is 10.3. The average Bonchev–Trinajstić information content (AvgIpc) is 1.87. The predicted octanol–water partition coefficient (Wildman–Crippen LogP) is 1.10. The molecule has 0 saturated heterocycles. The van der Waals surface area contributed by atoms with Crippen molar-refractivity contribution in [1.82, 2.24) is 0 Å². The molecule has 0 heterocycles. The Morgan fingerprint density at radius 3 is 2.55 bits per heavy atom. The second-order valence-corrected chi connectivity index (χ2v) is 2.94. The van der Waals surface area contributed by atoms with Gasteiger partial charge in [-0.15, -0.1) is 0 Å². The van der Waals surface area contributed by atoms with E-state index in [1.807, 2.05) is 6.92 Å². The summed E-state index contributed by atoms with van der Waals surface area (Å²) in [6.45, 7) is 5.29. The van der Waals surface area contributed by atoms with Crippen molar-refractivity contribution in [3.8, 4) is 0 Å². The number of carbonyl (C=O) groups excluding carboxylic acids is 1. The molecule has 1 atom stereocenters. The maximum atomic E-state index is 10.3. The van der Waals surface area contributed by atoms with Crippen LogP contribution in [0.15, 0.2) is 0 Å². The van der Waals surface area contributed by atoms with E-state index in [9.17, 15) is 9.90 Å². The van der Waals surface area contributed by atoms with E-state index in [4.69, 9.17) is 0 Å². The summed E-state index contributed by atoms with van der Waals surface area (Å²) < 4.78 is 4.68. The normalized spacial score (nSPS) is 15.6. The highest BCUT2D eigenvalue weighted by Gasteiger charge is 2.17. The fourth-order valence-corrected chi connectivity index (χ4v) is 0.591. The van der Waals surface area contributed by atoms with Crippen LogP contribution in [0.25, 0.3) is 0 Å². The molecule has 11 heavy (non-hydrogen) atoms. The minimum Gasteiger partial charge on any atom is -0.466 e. The van der Waals surface area contributed by atoms with Gasteiger partial charge in [0.15, 0.2) is 0 Å². The SMILES string of the molecule is CCC(C)(O)CCOC(C)=O. The van der Waals surface area contributed by atoms with E-state index in [2.05, 4.69) is 4.74 Å². The molecule has 0 radical (unpaired) electrons. The summed E-state index contributed by atoms with van der Waals surface area (Å²) in [5.41, 5.74) is -0.699. The molecule has 0 fully saturated rings. The van der Waals surface area contributed by atoms with Gasteiger partial charge in [0.1, 0.15) is 0 Å². The summed E-state index contributed by atoms with van der Waals surface area (Å²) in [7, 11) is 0. The first-order valence-electron chi connectivity index (χ1n) is 3.83. The molecule has 0 aromatic carbocycles. The molecule has 0 aliphatic carbocycles. The summed E-state index contributed by atoms with van der Waals surface area (Å²) >= 11 is 0. The molecular formula is C8H16O3. The molecule has 1 unspecified atom stereocenters. The van der Waals surface area contributed by atoms with Gasteiger partial charge in [-0.2, -0.15) is 0 Å². The molecule has 1 N–H and O–H groups in total. The summed E-state index contributed by atoms with van der Waals surface area (Å²) in [5, 5.41) is 9.44. The average molecular weight is 160 g/mol. The quantitative estimate of drug-likeness (QED) is 0.626. The van der Waals surface area contributed by atoms with Crippen LogP contribution in [0.5, 0.6) is 0 Å². The molecule has 0 aliphatic heterocycles. The highest BCUT2D eigenvalue weighted by atomic mass is 16.5. The van der Waals surface area contributed by atoms with Gasteiger partial charge in [-0.3, -0.25) is 4.79 Å². The van der Waals surface area contributed by atoms with Gasteiger partial charge in [0.25, 0.3) is 0 Å². The molecule has 3 nitrogen and oxygen atoms in total. The van der Waals surface area contributed by atoms with Gasteiger partial charge in [0.2, 0.25) is 0 Å². The lowest BCUT2D eigenvalue weighted by Gasteiger charge is -2.20. The van der Waals surface area contributed by atoms with Crippen molar-refractivity contribution in [3.63, 3.8) is 0 Å². The lowest BCUT2D eigenvalue weighted by Crippen LogP contribution is -2.25. The van der Waals surface area contributed by atoms with Crippen molar-refractivity contribution in [3.05, 3.63) is 0 Å². The Balaban J connectivity index is 3.45. The second-order valence-electron chi connectivity index (χ2n) is 2.94. The van der Waals surface area contributed by atoms with Gasteiger partial charge in [-0.05, 0) is 13.3 Å². The van der Waals surface area contributed by atoms with Crippen LogP contribution < -0.4 is 0 Å². The van der Waals surface area contributed by atoms with E-state index in [-0.39, 0.29) is 5.97 Å². The number of esters is 1. The fourth-order valence-electron chi connectivity index (χ4n) is 0.591. The Bertz CT molecular complexity index is 129. The van der Waals surface area contributed by atoms with Crippen LogP contribution >= 0.6 is 0 Å². The van der Waals surface area contributed by atoms with Crippen molar-refractivity contribution in [1.29, 1.82) is 0 Å². The van der Waals surface area contributed by atoms with Gasteiger partial charge in [-0.25, -0.2) is 0 Å². The number of rotatable bonds is 4. The number of ether oxygens (including phenoxy) is 1. The maximum absolute atomic E-state index is 10.3. The number of hydrogen-bond donors (Lipinski definition) is 1. The molecule has 0 rings (SSSR count). The smallest absolute Gasteiger partial charge is 0.302 e. The van der Waals surface area contributed by atoms with Crippen molar-refractivity contribution in [2.45, 2.75) is 39.2 Å². The van der Waals surface area contributed by atoms with Crippen molar-refractivity contribution in [2.24, 2.45) is 0 Å². The Morgan fingerprint density at radius 2 is 2.18 bits per heavy atom. The van der Waals surface area contributed by atoms with Crippen LogP contribution in [-0.4, -0.2) is 23.3 Å². The number of hydrogen-bond acceptors (Lipinski definition) is 3. The zero-order valence-corrected chi connectivity index (χ0v) is 7.39. The largest absolute Gasteiger partial charge is 0.466 e. The predicted molar refractivity (Wildman–Crippen MR) is 42.2 cm³/mol. The van der Waals surface area contributed by atoms with E-state index in [0.29, 0.717) is 19.4 Å². The topological polar surface area (TPSA) is 46.5 Å². The van der Waals surface area contributed by atoms with Gasteiger partial charge < -0.3 is 9.84 Å². The van der Waals surface area contributed by atoms with Crippen molar-refractivity contribution in [2.75, 3.05) is 6.61 Å². The molecule has 0 saturated carbocycles. The van der Waals surface area contributed by atoms with Crippen LogP contribution in [0.1, 0.15) is 33.6 Å². The summed E-state index contributed by atoms with van der Waals surface area (Å²) in [6.07, 6.45) is 1.18. The first-order valence-corrected chi connectivity index (χ1v) is 3.83. The summed E-state index contributed by atoms with van der Waals surface area (Å²) in [6, 6.07) is 0. The van der Waals surface area contributed by atoms with E-state index in [1.165, 1.54) is 6.92 Å². The van der Waals surface area contributed by atoms with Crippen molar-refractivity contribution >= 4 is 5.97 Å². The Kier molecular flexibility index (Phi) is 4.11. The zero-order valence-electron chi connectivity index (χ0n) is 7.39. The Labute approximate surface area is 67.4 Å². The van der Waals surface area contributed by atoms with Crippen LogP contribution in [0, 0.1) is 0 Å². The molecule has 66 valence electrons. The third kappa shape index (κ3) is 5.85. The standard InChI is InChI=1S/C8H16O3/c1-4-8(3,10)5-6-11-7(2)9/h10H,4-6H2,1-3H3. The molecule has 3 heteroatoms. The molecule has 0 spiro atoms. The van der Waals surface area contributed by atoms with E-state index >= 15 is 0 Å². The minimum atomic E-state index is -0.699. The number of aliphatic hydroxyl groups is 1. The molecule has 0 aromatic heterocycles. The van der Waals surface area contributed by atoms with Gasteiger partial charge in [0, 0.05) is 13.3 Å². The first kappa shape index (κ1) is 10.4. The zero-order chi connectivity index (χ0) is 8.91. The van der Waals surface area contributed by atoms with Gasteiger partial charge in [0.05, 0.1) is 12.2 Å². The van der Waals surface area contributed by atoms with Crippen molar-refractivity contribution < 1.29 is 14.6 Å². The summed E-state index contributed by atoms with van der Waals surface area (Å²) in [5.74, 6) is -0.295. The molecule has 0 bridgehead atoms. The highest BCUT2D eigenvalue weighted by Crippen LogP contribution is 2.12. The monoisotopic (exact) mass is 160 g/mol. The Morgan fingerprint density at radius 1 is 1.64 bits per heavy atom. The van der Waals surface area contributed by atoms with E-state index in [0.717, 1.165) is 0 Å². The third-order valence-corrected chi connectivity index (χ3v) is 1.71. The highest BCUT2D eigenvalue weighted by molar-refractivity contribution is 5.65. The lowest BCUT2D eigenvalue weighted by atomic mass is 10.0.